The Labute approximate surface area is 157 Å². The molecule has 0 fully saturated rings. The fourth-order valence-electron chi connectivity index (χ4n) is 3.02. The SMILES string of the molecule is CC(C)(CC(=O)Nc1ccc2c(c1)CCN2C(=O)c1cccnc1)C(=O)O. The highest BCUT2D eigenvalue weighted by Gasteiger charge is 2.30. The number of benzene rings is 1. The molecule has 140 valence electrons. The Bertz CT molecular complexity index is 893. The average molecular weight is 367 g/mol. The highest BCUT2D eigenvalue weighted by Crippen LogP contribution is 2.32. The molecule has 2 amide bonds. The van der Waals surface area contributed by atoms with Crippen LogP contribution in [0.3, 0.4) is 0 Å². The van der Waals surface area contributed by atoms with Crippen LogP contribution >= 0.6 is 0 Å². The van der Waals surface area contributed by atoms with Gasteiger partial charge in [0.15, 0.2) is 0 Å². The molecule has 0 bridgehead atoms. The van der Waals surface area contributed by atoms with Gasteiger partial charge in [-0.2, -0.15) is 0 Å². The molecular weight excluding hydrogens is 346 g/mol. The fourth-order valence-corrected chi connectivity index (χ4v) is 3.02. The van der Waals surface area contributed by atoms with Crippen LogP contribution in [0.4, 0.5) is 11.4 Å². The van der Waals surface area contributed by atoms with Gasteiger partial charge in [0.25, 0.3) is 5.91 Å². The van der Waals surface area contributed by atoms with Gasteiger partial charge >= 0.3 is 5.97 Å². The van der Waals surface area contributed by atoms with Crippen LogP contribution in [-0.2, 0) is 16.0 Å². The van der Waals surface area contributed by atoms with Crippen molar-refractivity contribution in [3.8, 4) is 0 Å². The third-order valence-electron chi connectivity index (χ3n) is 4.59. The topological polar surface area (TPSA) is 99.6 Å². The van der Waals surface area contributed by atoms with E-state index in [1.165, 1.54) is 13.8 Å². The molecule has 0 aliphatic carbocycles. The molecule has 0 radical (unpaired) electrons. The number of nitrogens with zero attached hydrogens (tertiary/aromatic N) is 2. The molecule has 2 aromatic rings. The zero-order chi connectivity index (χ0) is 19.6. The standard InChI is InChI=1S/C20H21N3O4/c1-20(2,19(26)27)11-17(24)22-15-5-6-16-13(10-15)7-9-23(16)18(25)14-4-3-8-21-12-14/h3-6,8,10,12H,7,9,11H2,1-2H3,(H,22,24)(H,26,27). The summed E-state index contributed by atoms with van der Waals surface area (Å²) in [6.07, 6.45) is 3.73. The van der Waals surface area contributed by atoms with Gasteiger partial charge in [-0.25, -0.2) is 0 Å². The van der Waals surface area contributed by atoms with Gasteiger partial charge < -0.3 is 15.3 Å². The normalized spacial score (nSPS) is 13.2. The van der Waals surface area contributed by atoms with Crippen LogP contribution in [-0.4, -0.2) is 34.4 Å². The number of amides is 2. The molecule has 0 unspecified atom stereocenters. The minimum absolute atomic E-state index is 0.109. The predicted molar refractivity (Wildman–Crippen MR) is 101 cm³/mol. The molecule has 1 aromatic heterocycles. The second-order valence-electron chi connectivity index (χ2n) is 7.21. The van der Waals surface area contributed by atoms with Gasteiger partial charge in [0, 0.05) is 36.7 Å². The number of carboxylic acids is 1. The number of aliphatic carboxylic acids is 1. The first-order chi connectivity index (χ1) is 12.8. The van der Waals surface area contributed by atoms with Gasteiger partial charge in [0.05, 0.1) is 11.0 Å². The van der Waals surface area contributed by atoms with Gasteiger partial charge in [-0.15, -0.1) is 0 Å². The Hall–Kier alpha value is -3.22. The summed E-state index contributed by atoms with van der Waals surface area (Å²) in [7, 11) is 0. The first-order valence-electron chi connectivity index (χ1n) is 8.66. The minimum atomic E-state index is -1.13. The average Bonchev–Trinajstić information content (AvgIpc) is 3.04. The van der Waals surface area contributed by atoms with Crippen LogP contribution in [0.25, 0.3) is 0 Å². The molecule has 7 nitrogen and oxygen atoms in total. The summed E-state index contributed by atoms with van der Waals surface area (Å²) in [6, 6.07) is 8.80. The van der Waals surface area contributed by atoms with Gasteiger partial charge in [-0.1, -0.05) is 0 Å². The van der Waals surface area contributed by atoms with E-state index in [9.17, 15) is 14.4 Å². The van der Waals surface area contributed by atoms with Crippen molar-refractivity contribution < 1.29 is 19.5 Å². The highest BCUT2D eigenvalue weighted by molar-refractivity contribution is 6.07. The maximum atomic E-state index is 12.7. The summed E-state index contributed by atoms with van der Waals surface area (Å²) in [5.41, 5.74) is 1.76. The van der Waals surface area contributed by atoms with Crippen LogP contribution in [0, 0.1) is 5.41 Å². The van der Waals surface area contributed by atoms with E-state index in [-0.39, 0.29) is 18.2 Å². The smallest absolute Gasteiger partial charge is 0.309 e. The molecule has 27 heavy (non-hydrogen) atoms. The number of hydrogen-bond donors (Lipinski definition) is 2. The number of carboxylic acid groups (broad SMARTS) is 1. The molecular formula is C20H21N3O4. The first kappa shape index (κ1) is 18.6. The Morgan fingerprint density at radius 2 is 2.04 bits per heavy atom. The van der Waals surface area contributed by atoms with Crippen LogP contribution in [0.15, 0.2) is 42.7 Å². The number of carbonyl (C=O) groups is 3. The number of pyridine rings is 1. The number of hydrogen-bond acceptors (Lipinski definition) is 4. The molecule has 0 saturated carbocycles. The van der Waals surface area contributed by atoms with E-state index in [1.54, 1.807) is 41.6 Å². The largest absolute Gasteiger partial charge is 0.481 e. The van der Waals surface area contributed by atoms with Crippen molar-refractivity contribution in [3.05, 3.63) is 53.9 Å². The van der Waals surface area contributed by atoms with E-state index >= 15 is 0 Å². The number of rotatable bonds is 5. The summed E-state index contributed by atoms with van der Waals surface area (Å²) in [5.74, 6) is -1.48. The molecule has 7 heteroatoms. The molecule has 2 heterocycles. The molecule has 1 aliphatic rings. The number of fused-ring (bicyclic) bond motifs is 1. The second kappa shape index (κ2) is 7.19. The summed E-state index contributed by atoms with van der Waals surface area (Å²) in [6.45, 7) is 3.59. The van der Waals surface area contributed by atoms with Crippen molar-refractivity contribution >= 4 is 29.2 Å². The highest BCUT2D eigenvalue weighted by atomic mass is 16.4. The lowest BCUT2D eigenvalue weighted by atomic mass is 9.89. The lowest BCUT2D eigenvalue weighted by Gasteiger charge is -2.19. The van der Waals surface area contributed by atoms with Crippen LogP contribution in [0.1, 0.15) is 36.2 Å². The van der Waals surface area contributed by atoms with Crippen LogP contribution in [0.5, 0.6) is 0 Å². The van der Waals surface area contributed by atoms with Gasteiger partial charge in [-0.3, -0.25) is 19.4 Å². The monoisotopic (exact) mass is 367 g/mol. The number of aromatic nitrogens is 1. The van der Waals surface area contributed by atoms with Crippen LogP contribution < -0.4 is 10.2 Å². The summed E-state index contributed by atoms with van der Waals surface area (Å²) < 4.78 is 0. The molecule has 3 rings (SSSR count). The van der Waals surface area contributed by atoms with Crippen LogP contribution in [0.2, 0.25) is 0 Å². The van der Waals surface area contributed by atoms with Gasteiger partial charge in [0.2, 0.25) is 5.91 Å². The second-order valence-corrected chi connectivity index (χ2v) is 7.21. The maximum Gasteiger partial charge on any atom is 0.309 e. The van der Waals surface area contributed by atoms with E-state index in [0.717, 1.165) is 11.3 Å². The molecule has 1 aliphatic heterocycles. The number of anilines is 2. The summed E-state index contributed by atoms with van der Waals surface area (Å²) in [5, 5.41) is 11.9. The van der Waals surface area contributed by atoms with Crippen molar-refractivity contribution in [1.82, 2.24) is 4.98 Å². The molecule has 0 saturated heterocycles. The summed E-state index contributed by atoms with van der Waals surface area (Å²) in [4.78, 5) is 41.6. The Morgan fingerprint density at radius 3 is 2.70 bits per heavy atom. The van der Waals surface area contributed by atoms with Crippen molar-refractivity contribution in [1.29, 1.82) is 0 Å². The van der Waals surface area contributed by atoms with Crippen molar-refractivity contribution in [2.45, 2.75) is 26.7 Å². The van der Waals surface area contributed by atoms with Crippen molar-refractivity contribution in [2.75, 3.05) is 16.8 Å². The third kappa shape index (κ3) is 3.97. The maximum absolute atomic E-state index is 12.7. The van der Waals surface area contributed by atoms with E-state index in [0.29, 0.717) is 24.2 Å². The zero-order valence-corrected chi connectivity index (χ0v) is 15.2. The molecule has 0 atom stereocenters. The minimum Gasteiger partial charge on any atom is -0.481 e. The predicted octanol–water partition coefficient (Wildman–Crippen LogP) is 2.72. The molecule has 0 spiro atoms. The quantitative estimate of drug-likeness (QED) is 0.846. The lowest BCUT2D eigenvalue weighted by Crippen LogP contribution is -2.29. The van der Waals surface area contributed by atoms with Gasteiger partial charge in [0.1, 0.15) is 0 Å². The van der Waals surface area contributed by atoms with Gasteiger partial charge in [-0.05, 0) is 56.2 Å². The zero-order valence-electron chi connectivity index (χ0n) is 15.2. The fraction of sp³-hybridized carbons (Fsp3) is 0.300. The Balaban J connectivity index is 1.72. The molecule has 1 aromatic carbocycles. The van der Waals surface area contributed by atoms with Crippen molar-refractivity contribution in [2.24, 2.45) is 5.41 Å². The third-order valence-corrected chi connectivity index (χ3v) is 4.59. The summed E-state index contributed by atoms with van der Waals surface area (Å²) >= 11 is 0. The Morgan fingerprint density at radius 1 is 1.26 bits per heavy atom. The van der Waals surface area contributed by atoms with E-state index in [1.807, 2.05) is 6.07 Å². The Kier molecular flexibility index (Phi) is 4.94. The van der Waals surface area contributed by atoms with E-state index in [2.05, 4.69) is 10.3 Å². The first-order valence-corrected chi connectivity index (χ1v) is 8.66. The van der Waals surface area contributed by atoms with E-state index < -0.39 is 11.4 Å². The number of nitrogens with one attached hydrogen (secondary N) is 1. The molecule has 2 N–H and O–H groups in total. The lowest BCUT2D eigenvalue weighted by molar-refractivity contribution is -0.148. The number of carbonyl (C=O) groups excluding carboxylic acids is 2. The van der Waals surface area contributed by atoms with E-state index in [4.69, 9.17) is 5.11 Å². The van der Waals surface area contributed by atoms with Crippen molar-refractivity contribution in [3.63, 3.8) is 0 Å².